The lowest BCUT2D eigenvalue weighted by Crippen LogP contribution is -2.10. The molecule has 0 atom stereocenters. The van der Waals surface area contributed by atoms with Gasteiger partial charge in [0.1, 0.15) is 6.61 Å². The first-order valence-corrected chi connectivity index (χ1v) is 4.75. The van der Waals surface area contributed by atoms with Gasteiger partial charge in [-0.1, -0.05) is 30.3 Å². The van der Waals surface area contributed by atoms with Crippen molar-refractivity contribution < 1.29 is 9.26 Å². The van der Waals surface area contributed by atoms with Crippen LogP contribution in [-0.4, -0.2) is 18.3 Å². The maximum atomic E-state index is 5.31. The number of aromatic nitrogens is 1. The molecule has 0 saturated heterocycles. The number of rotatable bonds is 4. The van der Waals surface area contributed by atoms with Gasteiger partial charge in [-0.05, 0) is 5.16 Å². The lowest BCUT2D eigenvalue weighted by Gasteiger charge is -1.95. The molecule has 2 N–H and O–H groups in total. The summed E-state index contributed by atoms with van der Waals surface area (Å²) in [5.74, 6) is 1.17. The number of nitrogens with two attached hydrogens (primary N) is 1. The van der Waals surface area contributed by atoms with Crippen LogP contribution in [0.3, 0.4) is 0 Å². The van der Waals surface area contributed by atoms with Crippen LogP contribution >= 0.6 is 0 Å². The average Bonchev–Trinajstić information content (AvgIpc) is 2.76. The van der Waals surface area contributed by atoms with Gasteiger partial charge >= 0.3 is 0 Å². The molecule has 78 valence electrons. The molecule has 15 heavy (non-hydrogen) atoms. The summed E-state index contributed by atoms with van der Waals surface area (Å²) in [6.45, 7) is 0.911. The number of benzene rings is 1. The molecule has 0 bridgehead atoms. The molecule has 0 radical (unpaired) electrons. The third kappa shape index (κ3) is 2.35. The van der Waals surface area contributed by atoms with Crippen LogP contribution in [0.4, 0.5) is 0 Å². The van der Waals surface area contributed by atoms with Crippen LogP contribution < -0.4 is 10.5 Å². The minimum atomic E-state index is 0.445. The molecule has 2 aromatic rings. The molecule has 0 fully saturated rings. The van der Waals surface area contributed by atoms with Gasteiger partial charge in [-0.2, -0.15) is 0 Å². The Kier molecular flexibility index (Phi) is 2.99. The zero-order chi connectivity index (χ0) is 10.5. The summed E-state index contributed by atoms with van der Waals surface area (Å²) in [7, 11) is 0. The largest absolute Gasteiger partial charge is 0.474 e. The van der Waals surface area contributed by atoms with Crippen molar-refractivity contribution >= 4 is 0 Å². The Bertz CT molecular complexity index is 412. The maximum absolute atomic E-state index is 5.31. The van der Waals surface area contributed by atoms with E-state index >= 15 is 0 Å². The number of ether oxygens (including phenoxy) is 1. The molecule has 1 heterocycles. The number of hydrogen-bond acceptors (Lipinski definition) is 4. The van der Waals surface area contributed by atoms with E-state index < -0.39 is 0 Å². The van der Waals surface area contributed by atoms with Crippen LogP contribution in [0.15, 0.2) is 40.9 Å². The summed E-state index contributed by atoms with van der Waals surface area (Å²) >= 11 is 0. The zero-order valence-corrected chi connectivity index (χ0v) is 8.22. The van der Waals surface area contributed by atoms with Gasteiger partial charge in [0, 0.05) is 18.2 Å². The second-order valence-electron chi connectivity index (χ2n) is 3.03. The third-order valence-electron chi connectivity index (χ3n) is 1.91. The Morgan fingerprint density at radius 1 is 1.27 bits per heavy atom. The van der Waals surface area contributed by atoms with E-state index in [4.69, 9.17) is 15.0 Å². The molecular formula is C11H12N2O2. The Hall–Kier alpha value is -1.81. The first-order valence-electron chi connectivity index (χ1n) is 4.75. The fraction of sp³-hybridized carbons (Fsp3) is 0.182. The van der Waals surface area contributed by atoms with Crippen molar-refractivity contribution in [2.24, 2.45) is 5.73 Å². The SMILES string of the molecule is NCCOc1cc(-c2ccccc2)on1. The molecule has 0 amide bonds. The van der Waals surface area contributed by atoms with Crippen molar-refractivity contribution in [3.8, 4) is 17.2 Å². The smallest absolute Gasteiger partial charge is 0.254 e. The molecule has 2 rings (SSSR count). The van der Waals surface area contributed by atoms with Crippen molar-refractivity contribution in [1.29, 1.82) is 0 Å². The summed E-state index contributed by atoms with van der Waals surface area (Å²) in [5.41, 5.74) is 6.29. The van der Waals surface area contributed by atoms with Gasteiger partial charge in [0.15, 0.2) is 5.76 Å². The van der Waals surface area contributed by atoms with Gasteiger partial charge in [0.05, 0.1) is 0 Å². The Balaban J connectivity index is 2.14. The second-order valence-corrected chi connectivity index (χ2v) is 3.03. The van der Waals surface area contributed by atoms with Crippen LogP contribution in [0, 0.1) is 0 Å². The van der Waals surface area contributed by atoms with E-state index in [1.807, 2.05) is 30.3 Å². The number of nitrogens with zero attached hydrogens (tertiary/aromatic N) is 1. The van der Waals surface area contributed by atoms with Gasteiger partial charge in [-0.3, -0.25) is 0 Å². The predicted molar refractivity (Wildman–Crippen MR) is 56.5 cm³/mol. The Labute approximate surface area is 87.6 Å². The van der Waals surface area contributed by atoms with E-state index in [2.05, 4.69) is 5.16 Å². The van der Waals surface area contributed by atoms with Crippen molar-refractivity contribution in [2.75, 3.05) is 13.2 Å². The normalized spacial score (nSPS) is 10.2. The second kappa shape index (κ2) is 4.61. The van der Waals surface area contributed by atoms with Crippen molar-refractivity contribution in [1.82, 2.24) is 5.16 Å². The summed E-state index contributed by atoms with van der Waals surface area (Å²) < 4.78 is 10.4. The third-order valence-corrected chi connectivity index (χ3v) is 1.91. The molecule has 0 aliphatic heterocycles. The Morgan fingerprint density at radius 2 is 2.07 bits per heavy atom. The quantitative estimate of drug-likeness (QED) is 0.823. The highest BCUT2D eigenvalue weighted by Gasteiger charge is 2.06. The van der Waals surface area contributed by atoms with Crippen LogP contribution in [-0.2, 0) is 0 Å². The number of hydrogen-bond donors (Lipinski definition) is 1. The van der Waals surface area contributed by atoms with Crippen molar-refractivity contribution in [3.63, 3.8) is 0 Å². The topological polar surface area (TPSA) is 61.3 Å². The van der Waals surface area contributed by atoms with E-state index in [0.29, 0.717) is 24.8 Å². The van der Waals surface area contributed by atoms with E-state index in [1.54, 1.807) is 6.07 Å². The van der Waals surface area contributed by atoms with E-state index in [9.17, 15) is 0 Å². The summed E-state index contributed by atoms with van der Waals surface area (Å²) in [6.07, 6.45) is 0. The lowest BCUT2D eigenvalue weighted by atomic mass is 10.2. The van der Waals surface area contributed by atoms with Gasteiger partial charge in [-0.15, -0.1) is 0 Å². The van der Waals surface area contributed by atoms with Crippen LogP contribution in [0.25, 0.3) is 11.3 Å². The van der Waals surface area contributed by atoms with Gasteiger partial charge in [0.2, 0.25) is 0 Å². The molecular weight excluding hydrogens is 192 g/mol. The van der Waals surface area contributed by atoms with Crippen LogP contribution in [0.1, 0.15) is 0 Å². The standard InChI is InChI=1S/C11H12N2O2/c12-6-7-14-11-8-10(15-13-11)9-4-2-1-3-5-9/h1-5,8H,6-7,12H2. The fourth-order valence-electron chi connectivity index (χ4n) is 1.23. The van der Waals surface area contributed by atoms with Gasteiger partial charge in [-0.25, -0.2) is 0 Å². The van der Waals surface area contributed by atoms with E-state index in [0.717, 1.165) is 5.56 Å². The molecule has 1 aromatic carbocycles. The summed E-state index contributed by atoms with van der Waals surface area (Å²) in [5, 5.41) is 3.78. The minimum absolute atomic E-state index is 0.445. The van der Waals surface area contributed by atoms with Crippen LogP contribution in [0.5, 0.6) is 5.88 Å². The molecule has 4 heteroatoms. The lowest BCUT2D eigenvalue weighted by molar-refractivity contribution is 0.288. The van der Waals surface area contributed by atoms with Gasteiger partial charge < -0.3 is 15.0 Å². The monoisotopic (exact) mass is 204 g/mol. The van der Waals surface area contributed by atoms with Gasteiger partial charge in [0.25, 0.3) is 5.88 Å². The van der Waals surface area contributed by atoms with E-state index in [1.165, 1.54) is 0 Å². The first-order chi connectivity index (χ1) is 7.40. The van der Waals surface area contributed by atoms with Crippen LogP contribution in [0.2, 0.25) is 0 Å². The molecule has 0 aliphatic carbocycles. The van der Waals surface area contributed by atoms with E-state index in [-0.39, 0.29) is 0 Å². The summed E-state index contributed by atoms with van der Waals surface area (Å²) in [6, 6.07) is 11.5. The average molecular weight is 204 g/mol. The first kappa shape index (κ1) is 9.73. The molecule has 0 saturated carbocycles. The van der Waals surface area contributed by atoms with Crippen molar-refractivity contribution in [3.05, 3.63) is 36.4 Å². The highest BCUT2D eigenvalue weighted by molar-refractivity contribution is 5.57. The van der Waals surface area contributed by atoms with Crippen molar-refractivity contribution in [2.45, 2.75) is 0 Å². The molecule has 0 spiro atoms. The molecule has 0 unspecified atom stereocenters. The molecule has 0 aliphatic rings. The maximum Gasteiger partial charge on any atom is 0.254 e. The zero-order valence-electron chi connectivity index (χ0n) is 8.22. The predicted octanol–water partition coefficient (Wildman–Crippen LogP) is 1.68. The fourth-order valence-corrected chi connectivity index (χ4v) is 1.23. The highest BCUT2D eigenvalue weighted by atomic mass is 16.5. The summed E-state index contributed by atoms with van der Waals surface area (Å²) in [4.78, 5) is 0. The molecule has 1 aromatic heterocycles. The highest BCUT2D eigenvalue weighted by Crippen LogP contribution is 2.22. The Morgan fingerprint density at radius 3 is 2.80 bits per heavy atom. The minimum Gasteiger partial charge on any atom is -0.474 e. The molecule has 4 nitrogen and oxygen atoms in total.